The maximum atomic E-state index is 12.5. The molecule has 1 saturated carbocycles. The zero-order valence-electron chi connectivity index (χ0n) is 16.6. The standard InChI is InChI=1S/C19H27N5O5/c1-4-10-22-17(27)23(11-5-2)19(29)24(18(22)28)12-15(25)21-16(26)20-14-9-7-6-8-13(14)3/h4-5,13-14H,1-2,6-12H2,3H3,(H2,20,21,25,26)/t13-,14-/m0/s1. The van der Waals surface area contributed by atoms with Crippen LogP contribution in [0, 0.1) is 5.92 Å². The number of hydrogen-bond donors (Lipinski definition) is 2. The van der Waals surface area contributed by atoms with Gasteiger partial charge in [-0.2, -0.15) is 0 Å². The van der Waals surface area contributed by atoms with Gasteiger partial charge in [0.05, 0.1) is 13.1 Å². The Morgan fingerprint density at radius 3 is 2.00 bits per heavy atom. The van der Waals surface area contributed by atoms with E-state index in [2.05, 4.69) is 23.8 Å². The Balaban J connectivity index is 2.20. The second kappa shape index (κ2) is 9.85. The molecule has 0 unspecified atom stereocenters. The smallest absolute Gasteiger partial charge is 0.335 e. The highest BCUT2D eigenvalue weighted by Gasteiger charge is 2.24. The van der Waals surface area contributed by atoms with Gasteiger partial charge in [0.25, 0.3) is 0 Å². The summed E-state index contributed by atoms with van der Waals surface area (Å²) >= 11 is 0. The van der Waals surface area contributed by atoms with E-state index in [0.717, 1.165) is 34.8 Å². The number of carbonyl (C=O) groups is 2. The first-order valence-corrected chi connectivity index (χ1v) is 9.56. The molecule has 1 aliphatic rings. The first kappa shape index (κ1) is 22.1. The highest BCUT2D eigenvalue weighted by Crippen LogP contribution is 2.23. The SMILES string of the molecule is C=CCn1c(=O)n(CC=C)c(=O)n(CC(=O)NC(=O)N[C@H]2CCCC[C@@H]2C)c1=O. The molecule has 2 rings (SSSR count). The quantitative estimate of drug-likeness (QED) is 0.616. The number of allylic oxidation sites excluding steroid dienone is 2. The third kappa shape index (κ3) is 5.21. The maximum absolute atomic E-state index is 12.5. The fourth-order valence-corrected chi connectivity index (χ4v) is 3.43. The molecule has 2 atom stereocenters. The minimum atomic E-state index is -0.948. The molecule has 0 aliphatic heterocycles. The van der Waals surface area contributed by atoms with Crippen molar-refractivity contribution in [1.29, 1.82) is 0 Å². The molecule has 10 nitrogen and oxygen atoms in total. The number of carbonyl (C=O) groups excluding carboxylic acids is 2. The summed E-state index contributed by atoms with van der Waals surface area (Å²) in [6, 6.07) is -0.703. The van der Waals surface area contributed by atoms with Crippen molar-refractivity contribution < 1.29 is 9.59 Å². The Labute approximate surface area is 167 Å². The third-order valence-corrected chi connectivity index (χ3v) is 4.99. The summed E-state index contributed by atoms with van der Waals surface area (Å²) in [5.41, 5.74) is -2.71. The van der Waals surface area contributed by atoms with Gasteiger partial charge in [-0.15, -0.1) is 13.2 Å². The summed E-state index contributed by atoms with van der Waals surface area (Å²) in [6.07, 6.45) is 6.61. The lowest BCUT2D eigenvalue weighted by Gasteiger charge is -2.29. The van der Waals surface area contributed by atoms with Crippen molar-refractivity contribution in [3.05, 3.63) is 56.8 Å². The summed E-state index contributed by atoms with van der Waals surface area (Å²) in [5, 5.41) is 4.91. The van der Waals surface area contributed by atoms with Crippen molar-refractivity contribution in [2.24, 2.45) is 5.92 Å². The van der Waals surface area contributed by atoms with Gasteiger partial charge in [-0.25, -0.2) is 32.9 Å². The topological polar surface area (TPSA) is 124 Å². The number of amides is 3. The zero-order chi connectivity index (χ0) is 21.6. The predicted octanol–water partition coefficient (Wildman–Crippen LogP) is -0.0518. The van der Waals surface area contributed by atoms with Crippen molar-refractivity contribution >= 4 is 11.9 Å². The summed E-state index contributed by atoms with van der Waals surface area (Å²) < 4.78 is 2.18. The number of urea groups is 1. The molecule has 1 aromatic rings. The molecule has 2 N–H and O–H groups in total. The molecule has 1 fully saturated rings. The number of hydrogen-bond acceptors (Lipinski definition) is 5. The van der Waals surface area contributed by atoms with Gasteiger partial charge in [0.2, 0.25) is 5.91 Å². The van der Waals surface area contributed by atoms with Crippen LogP contribution in [0.25, 0.3) is 0 Å². The second-order valence-electron chi connectivity index (χ2n) is 7.12. The third-order valence-electron chi connectivity index (χ3n) is 4.99. The van der Waals surface area contributed by atoms with Gasteiger partial charge in [0.15, 0.2) is 0 Å². The highest BCUT2D eigenvalue weighted by molar-refractivity contribution is 5.94. The first-order valence-electron chi connectivity index (χ1n) is 9.56. The van der Waals surface area contributed by atoms with Crippen LogP contribution < -0.4 is 27.7 Å². The molecule has 0 radical (unpaired) electrons. The van der Waals surface area contributed by atoms with E-state index in [1.54, 1.807) is 0 Å². The van der Waals surface area contributed by atoms with Gasteiger partial charge in [0, 0.05) is 6.04 Å². The molecule has 0 saturated heterocycles. The summed E-state index contributed by atoms with van der Waals surface area (Å²) in [6.45, 7) is 8.05. The van der Waals surface area contributed by atoms with Crippen molar-refractivity contribution in [3.63, 3.8) is 0 Å². The highest BCUT2D eigenvalue weighted by atomic mass is 16.2. The van der Waals surface area contributed by atoms with Crippen molar-refractivity contribution in [3.8, 4) is 0 Å². The number of rotatable bonds is 7. The number of nitrogens with one attached hydrogen (secondary N) is 2. The fraction of sp³-hybridized carbons (Fsp3) is 0.526. The summed E-state index contributed by atoms with van der Waals surface area (Å²) in [4.78, 5) is 61.7. The lowest BCUT2D eigenvalue weighted by Crippen LogP contribution is -2.56. The van der Waals surface area contributed by atoms with Gasteiger partial charge in [-0.3, -0.25) is 10.1 Å². The van der Waals surface area contributed by atoms with E-state index in [1.807, 2.05) is 6.92 Å². The maximum Gasteiger partial charge on any atom is 0.337 e. The van der Waals surface area contributed by atoms with Crippen LogP contribution in [0.15, 0.2) is 39.7 Å². The largest absolute Gasteiger partial charge is 0.337 e. The van der Waals surface area contributed by atoms with Crippen molar-refractivity contribution in [1.82, 2.24) is 24.3 Å². The molecular formula is C19H27N5O5. The van der Waals surface area contributed by atoms with Gasteiger partial charge < -0.3 is 5.32 Å². The van der Waals surface area contributed by atoms with Gasteiger partial charge in [0.1, 0.15) is 6.54 Å². The summed E-state index contributed by atoms with van der Waals surface area (Å²) in [7, 11) is 0. The average molecular weight is 405 g/mol. The number of aromatic nitrogens is 3. The first-order chi connectivity index (χ1) is 13.8. The molecule has 1 heterocycles. The van der Waals surface area contributed by atoms with Crippen LogP contribution in [-0.2, 0) is 24.4 Å². The van der Waals surface area contributed by atoms with E-state index in [-0.39, 0.29) is 19.1 Å². The van der Waals surface area contributed by atoms with Crippen LogP contribution in [-0.4, -0.2) is 31.7 Å². The van der Waals surface area contributed by atoms with Crippen LogP contribution in [0.2, 0.25) is 0 Å². The lowest BCUT2D eigenvalue weighted by molar-refractivity contribution is -0.120. The molecule has 3 amide bonds. The Kier molecular flexibility index (Phi) is 7.52. The van der Waals surface area contributed by atoms with E-state index >= 15 is 0 Å². The monoisotopic (exact) mass is 405 g/mol. The van der Waals surface area contributed by atoms with Crippen LogP contribution >= 0.6 is 0 Å². The number of imide groups is 1. The van der Waals surface area contributed by atoms with Crippen LogP contribution in [0.1, 0.15) is 32.6 Å². The predicted molar refractivity (Wildman–Crippen MR) is 108 cm³/mol. The molecule has 158 valence electrons. The van der Waals surface area contributed by atoms with E-state index in [0.29, 0.717) is 10.5 Å². The molecule has 0 aromatic carbocycles. The van der Waals surface area contributed by atoms with Gasteiger partial charge in [-0.05, 0) is 18.8 Å². The van der Waals surface area contributed by atoms with Crippen LogP contribution in [0.4, 0.5) is 4.79 Å². The number of nitrogens with zero attached hydrogens (tertiary/aromatic N) is 3. The van der Waals surface area contributed by atoms with Crippen LogP contribution in [0.5, 0.6) is 0 Å². The minimum Gasteiger partial charge on any atom is -0.335 e. The van der Waals surface area contributed by atoms with Crippen LogP contribution in [0.3, 0.4) is 0 Å². The summed E-state index contributed by atoms with van der Waals surface area (Å²) in [5.74, 6) is -0.528. The fourth-order valence-electron chi connectivity index (χ4n) is 3.43. The Bertz CT molecular complexity index is 922. The minimum absolute atomic E-state index is 0.0291. The molecule has 1 aliphatic carbocycles. The second-order valence-corrected chi connectivity index (χ2v) is 7.12. The van der Waals surface area contributed by atoms with Crippen molar-refractivity contribution in [2.45, 2.75) is 58.3 Å². The molecule has 10 heteroatoms. The molecular weight excluding hydrogens is 378 g/mol. The Morgan fingerprint density at radius 1 is 0.966 bits per heavy atom. The van der Waals surface area contributed by atoms with Crippen molar-refractivity contribution in [2.75, 3.05) is 0 Å². The molecule has 1 aromatic heterocycles. The van der Waals surface area contributed by atoms with E-state index in [1.165, 1.54) is 12.2 Å². The van der Waals surface area contributed by atoms with Gasteiger partial charge in [-0.1, -0.05) is 31.9 Å². The zero-order valence-corrected chi connectivity index (χ0v) is 16.6. The van der Waals surface area contributed by atoms with E-state index < -0.39 is 35.6 Å². The van der Waals surface area contributed by atoms with E-state index in [4.69, 9.17) is 0 Å². The average Bonchev–Trinajstić information content (AvgIpc) is 2.67. The molecule has 0 spiro atoms. The Hall–Kier alpha value is -3.17. The van der Waals surface area contributed by atoms with Gasteiger partial charge >= 0.3 is 23.1 Å². The molecule has 29 heavy (non-hydrogen) atoms. The lowest BCUT2D eigenvalue weighted by atomic mass is 9.86. The Morgan fingerprint density at radius 2 is 1.48 bits per heavy atom. The van der Waals surface area contributed by atoms with E-state index in [9.17, 15) is 24.0 Å². The normalized spacial score (nSPS) is 18.7. The molecule has 0 bridgehead atoms.